The molecule has 1 N–H and O–H groups in total. The molecule has 0 amide bonds. The third-order valence-electron chi connectivity index (χ3n) is 4.45. The van der Waals surface area contributed by atoms with Crippen LogP contribution >= 0.6 is 0 Å². The average Bonchev–Trinajstić information content (AvgIpc) is 2.49. The fourth-order valence-corrected chi connectivity index (χ4v) is 3.32. The lowest BCUT2D eigenvalue weighted by atomic mass is 9.84. The van der Waals surface area contributed by atoms with Gasteiger partial charge >= 0.3 is 0 Å². The van der Waals surface area contributed by atoms with Crippen molar-refractivity contribution in [2.24, 2.45) is 5.92 Å². The van der Waals surface area contributed by atoms with E-state index >= 15 is 0 Å². The second-order valence-corrected chi connectivity index (χ2v) is 6.54. The summed E-state index contributed by atoms with van der Waals surface area (Å²) >= 11 is 0. The summed E-state index contributed by atoms with van der Waals surface area (Å²) in [6, 6.07) is 2.52. The molecule has 1 fully saturated rings. The monoisotopic (exact) mass is 290 g/mol. The largest absolute Gasteiger partial charge is 0.489 e. The molecule has 1 saturated carbocycles. The summed E-state index contributed by atoms with van der Waals surface area (Å²) < 4.78 is 5.75. The van der Waals surface area contributed by atoms with Crippen LogP contribution in [0.2, 0.25) is 0 Å². The van der Waals surface area contributed by atoms with Gasteiger partial charge in [0.2, 0.25) is 0 Å². The second kappa shape index (κ2) is 8.38. The SMILES string of the molecule is CNC(CCC1CCCCC1)c1cncc(OC(C)C)c1. The first kappa shape index (κ1) is 16.3. The fourth-order valence-electron chi connectivity index (χ4n) is 3.32. The summed E-state index contributed by atoms with van der Waals surface area (Å²) in [6.45, 7) is 4.09. The van der Waals surface area contributed by atoms with Gasteiger partial charge < -0.3 is 10.1 Å². The molecule has 2 rings (SSSR count). The van der Waals surface area contributed by atoms with Crippen molar-refractivity contribution in [1.29, 1.82) is 0 Å². The standard InChI is InChI=1S/C18H30N2O/c1-14(2)21-17-11-16(12-20-13-17)18(19-3)10-9-15-7-5-4-6-8-15/h11-15,18-19H,4-10H2,1-3H3. The number of aromatic nitrogens is 1. The van der Waals surface area contributed by atoms with Gasteiger partial charge in [-0.05, 0) is 51.3 Å². The highest BCUT2D eigenvalue weighted by atomic mass is 16.5. The molecule has 1 atom stereocenters. The van der Waals surface area contributed by atoms with E-state index in [1.807, 2.05) is 27.1 Å². The molecule has 1 aliphatic rings. The van der Waals surface area contributed by atoms with E-state index in [0.717, 1.165) is 11.7 Å². The Kier molecular flexibility index (Phi) is 6.50. The Bertz CT molecular complexity index is 413. The number of ether oxygens (including phenoxy) is 1. The molecule has 0 radical (unpaired) electrons. The van der Waals surface area contributed by atoms with Crippen LogP contribution in [0.25, 0.3) is 0 Å². The molecule has 0 bridgehead atoms. The molecule has 21 heavy (non-hydrogen) atoms. The van der Waals surface area contributed by atoms with Crippen LogP contribution in [0.1, 0.15) is 70.4 Å². The van der Waals surface area contributed by atoms with Crippen LogP contribution in [-0.4, -0.2) is 18.1 Å². The molecule has 1 aromatic heterocycles. The number of pyridine rings is 1. The van der Waals surface area contributed by atoms with Gasteiger partial charge in [0.1, 0.15) is 5.75 Å². The zero-order valence-electron chi connectivity index (χ0n) is 13.8. The molecule has 0 aromatic carbocycles. The van der Waals surface area contributed by atoms with Crippen molar-refractivity contribution in [1.82, 2.24) is 10.3 Å². The van der Waals surface area contributed by atoms with Crippen molar-refractivity contribution >= 4 is 0 Å². The van der Waals surface area contributed by atoms with E-state index in [0.29, 0.717) is 6.04 Å². The Balaban J connectivity index is 1.92. The van der Waals surface area contributed by atoms with Crippen molar-refractivity contribution in [3.05, 3.63) is 24.0 Å². The average molecular weight is 290 g/mol. The third kappa shape index (κ3) is 5.31. The Labute approximate surface area is 129 Å². The smallest absolute Gasteiger partial charge is 0.138 e. The van der Waals surface area contributed by atoms with Crippen molar-refractivity contribution in [2.45, 2.75) is 70.9 Å². The lowest BCUT2D eigenvalue weighted by molar-refractivity contribution is 0.241. The molecular formula is C18H30N2O. The maximum absolute atomic E-state index is 5.75. The fraction of sp³-hybridized carbons (Fsp3) is 0.722. The first-order valence-corrected chi connectivity index (χ1v) is 8.48. The zero-order valence-corrected chi connectivity index (χ0v) is 13.8. The summed E-state index contributed by atoms with van der Waals surface area (Å²) in [5.41, 5.74) is 1.24. The first-order valence-electron chi connectivity index (χ1n) is 8.48. The van der Waals surface area contributed by atoms with E-state index in [9.17, 15) is 0 Å². The van der Waals surface area contributed by atoms with Gasteiger partial charge in [0.15, 0.2) is 0 Å². The number of hydrogen-bond acceptors (Lipinski definition) is 3. The number of nitrogens with one attached hydrogen (secondary N) is 1. The summed E-state index contributed by atoms with van der Waals surface area (Å²) in [6.07, 6.45) is 13.6. The van der Waals surface area contributed by atoms with Crippen LogP contribution in [0.15, 0.2) is 18.5 Å². The van der Waals surface area contributed by atoms with Gasteiger partial charge in [-0.25, -0.2) is 0 Å². The van der Waals surface area contributed by atoms with Crippen LogP contribution in [0.5, 0.6) is 5.75 Å². The minimum Gasteiger partial charge on any atom is -0.489 e. The molecule has 1 aliphatic carbocycles. The Morgan fingerprint density at radius 1 is 1.24 bits per heavy atom. The Morgan fingerprint density at radius 3 is 2.67 bits per heavy atom. The van der Waals surface area contributed by atoms with E-state index < -0.39 is 0 Å². The number of rotatable bonds is 7. The highest BCUT2D eigenvalue weighted by molar-refractivity contribution is 5.26. The molecule has 1 heterocycles. The van der Waals surface area contributed by atoms with Gasteiger partial charge in [0.25, 0.3) is 0 Å². The van der Waals surface area contributed by atoms with Gasteiger partial charge in [0, 0.05) is 12.2 Å². The van der Waals surface area contributed by atoms with Crippen molar-refractivity contribution in [3.63, 3.8) is 0 Å². The van der Waals surface area contributed by atoms with Crippen molar-refractivity contribution < 1.29 is 4.74 Å². The molecule has 3 nitrogen and oxygen atoms in total. The highest BCUT2D eigenvalue weighted by Crippen LogP contribution is 2.30. The van der Waals surface area contributed by atoms with Crippen molar-refractivity contribution in [2.75, 3.05) is 7.05 Å². The third-order valence-corrected chi connectivity index (χ3v) is 4.45. The van der Waals surface area contributed by atoms with Gasteiger partial charge in [-0.15, -0.1) is 0 Å². The van der Waals surface area contributed by atoms with E-state index in [2.05, 4.69) is 16.4 Å². The van der Waals surface area contributed by atoms with Crippen molar-refractivity contribution in [3.8, 4) is 5.75 Å². The predicted octanol–water partition coefficient (Wildman–Crippen LogP) is 4.49. The number of nitrogens with zero attached hydrogens (tertiary/aromatic N) is 1. The van der Waals surface area contributed by atoms with Gasteiger partial charge in [-0.2, -0.15) is 0 Å². The first-order chi connectivity index (χ1) is 10.2. The number of hydrogen-bond donors (Lipinski definition) is 1. The molecule has 118 valence electrons. The summed E-state index contributed by atoms with van der Waals surface area (Å²) in [5, 5.41) is 3.44. The van der Waals surface area contributed by atoms with Crippen LogP contribution in [0.3, 0.4) is 0 Å². The predicted molar refractivity (Wildman–Crippen MR) is 87.6 cm³/mol. The molecular weight excluding hydrogens is 260 g/mol. The summed E-state index contributed by atoms with van der Waals surface area (Å²) in [4.78, 5) is 4.34. The lowest BCUT2D eigenvalue weighted by Crippen LogP contribution is -2.19. The van der Waals surface area contributed by atoms with E-state index in [1.165, 1.54) is 50.5 Å². The molecule has 0 spiro atoms. The van der Waals surface area contributed by atoms with Gasteiger partial charge in [-0.3, -0.25) is 4.98 Å². The minimum atomic E-state index is 0.192. The Hall–Kier alpha value is -1.09. The van der Waals surface area contributed by atoms with E-state index in [1.54, 1.807) is 6.20 Å². The quantitative estimate of drug-likeness (QED) is 0.803. The molecule has 1 aromatic rings. The minimum absolute atomic E-state index is 0.192. The van der Waals surface area contributed by atoms with Crippen LogP contribution in [-0.2, 0) is 0 Å². The van der Waals surface area contributed by atoms with Gasteiger partial charge in [-0.1, -0.05) is 32.1 Å². The molecule has 3 heteroatoms. The lowest BCUT2D eigenvalue weighted by Gasteiger charge is -2.24. The maximum Gasteiger partial charge on any atom is 0.138 e. The summed E-state index contributed by atoms with van der Waals surface area (Å²) in [7, 11) is 2.04. The second-order valence-electron chi connectivity index (χ2n) is 6.54. The molecule has 1 unspecified atom stereocenters. The summed E-state index contributed by atoms with van der Waals surface area (Å²) in [5.74, 6) is 1.80. The van der Waals surface area contributed by atoms with Gasteiger partial charge in [0.05, 0.1) is 12.3 Å². The normalized spacial score (nSPS) is 17.9. The van der Waals surface area contributed by atoms with Crippen LogP contribution < -0.4 is 10.1 Å². The van der Waals surface area contributed by atoms with Crippen LogP contribution in [0.4, 0.5) is 0 Å². The van der Waals surface area contributed by atoms with E-state index in [-0.39, 0.29) is 6.10 Å². The van der Waals surface area contributed by atoms with Crippen LogP contribution in [0, 0.1) is 5.92 Å². The Morgan fingerprint density at radius 2 is 2.00 bits per heavy atom. The maximum atomic E-state index is 5.75. The topological polar surface area (TPSA) is 34.2 Å². The molecule has 0 aliphatic heterocycles. The zero-order chi connectivity index (χ0) is 15.1. The highest BCUT2D eigenvalue weighted by Gasteiger charge is 2.17. The van der Waals surface area contributed by atoms with E-state index in [4.69, 9.17) is 4.74 Å². The molecule has 0 saturated heterocycles.